The lowest BCUT2D eigenvalue weighted by molar-refractivity contribution is 0.588. The summed E-state index contributed by atoms with van der Waals surface area (Å²) in [5.41, 5.74) is 0.966. The van der Waals surface area contributed by atoms with Gasteiger partial charge in [0.25, 0.3) is 0 Å². The molecule has 0 unspecified atom stereocenters. The van der Waals surface area contributed by atoms with E-state index in [1.807, 2.05) is 0 Å². The molecule has 4 nitrogen and oxygen atoms in total. The van der Waals surface area contributed by atoms with Gasteiger partial charge < -0.3 is 5.32 Å². The highest BCUT2D eigenvalue weighted by Crippen LogP contribution is 2.14. The van der Waals surface area contributed by atoms with Crippen LogP contribution in [0.4, 0.5) is 5.69 Å². The van der Waals surface area contributed by atoms with Crippen molar-refractivity contribution in [2.75, 3.05) is 18.9 Å². The minimum Gasteiger partial charge on any atom is -0.385 e. The molecular weight excluding hydrogens is 272 g/mol. The first-order chi connectivity index (χ1) is 9.60. The summed E-state index contributed by atoms with van der Waals surface area (Å²) in [5.74, 6) is 0. The monoisotopic (exact) mass is 298 g/mol. The minimum atomic E-state index is -3.33. The number of sulfonamides is 1. The van der Waals surface area contributed by atoms with E-state index in [4.69, 9.17) is 0 Å². The van der Waals surface area contributed by atoms with Crippen molar-refractivity contribution in [1.29, 1.82) is 0 Å². The van der Waals surface area contributed by atoms with Crippen LogP contribution in [0.2, 0.25) is 0 Å². The van der Waals surface area contributed by atoms with Crippen molar-refractivity contribution in [1.82, 2.24) is 4.72 Å². The third kappa shape index (κ3) is 5.92. The Hall–Kier alpha value is -1.07. The first-order valence-corrected chi connectivity index (χ1v) is 8.86. The van der Waals surface area contributed by atoms with Crippen LogP contribution in [0.3, 0.4) is 0 Å². The van der Waals surface area contributed by atoms with E-state index in [0.29, 0.717) is 4.90 Å². The fraction of sp³-hybridized carbons (Fsp3) is 0.600. The molecular formula is C15H26N2O2S. The molecule has 1 aromatic rings. The zero-order chi connectivity index (χ0) is 14.8. The Morgan fingerprint density at radius 2 is 1.55 bits per heavy atom. The average Bonchev–Trinajstić information content (AvgIpc) is 2.47. The van der Waals surface area contributed by atoms with E-state index in [1.165, 1.54) is 39.2 Å². The van der Waals surface area contributed by atoms with E-state index in [0.717, 1.165) is 18.7 Å². The van der Waals surface area contributed by atoms with Crippen molar-refractivity contribution in [3.63, 3.8) is 0 Å². The topological polar surface area (TPSA) is 58.2 Å². The maximum atomic E-state index is 11.6. The van der Waals surface area contributed by atoms with Gasteiger partial charge in [0.1, 0.15) is 0 Å². The number of rotatable bonds is 10. The Morgan fingerprint density at radius 3 is 2.15 bits per heavy atom. The van der Waals surface area contributed by atoms with E-state index in [2.05, 4.69) is 17.0 Å². The number of anilines is 1. The summed E-state index contributed by atoms with van der Waals surface area (Å²) in [6.45, 7) is 3.16. The van der Waals surface area contributed by atoms with Crippen LogP contribution in [-0.2, 0) is 10.0 Å². The molecule has 1 aromatic carbocycles. The van der Waals surface area contributed by atoms with Gasteiger partial charge in [0.15, 0.2) is 0 Å². The first-order valence-electron chi connectivity index (χ1n) is 7.37. The zero-order valence-corrected chi connectivity index (χ0v) is 13.3. The summed E-state index contributed by atoms with van der Waals surface area (Å²) < 4.78 is 25.4. The third-order valence-corrected chi connectivity index (χ3v) is 4.72. The summed E-state index contributed by atoms with van der Waals surface area (Å²) in [6, 6.07) is 6.85. The van der Waals surface area contributed by atoms with E-state index in [9.17, 15) is 8.42 Å². The predicted molar refractivity (Wildman–Crippen MR) is 84.6 cm³/mol. The fourth-order valence-corrected chi connectivity index (χ4v) is 2.74. The molecule has 0 aromatic heterocycles. The lowest BCUT2D eigenvalue weighted by Crippen LogP contribution is -2.18. The highest BCUT2D eigenvalue weighted by molar-refractivity contribution is 7.89. The van der Waals surface area contributed by atoms with Crippen molar-refractivity contribution in [2.45, 2.75) is 50.3 Å². The number of unbranched alkanes of at least 4 members (excludes halogenated alkanes) is 5. The molecule has 0 spiro atoms. The van der Waals surface area contributed by atoms with E-state index in [-0.39, 0.29) is 0 Å². The fourth-order valence-electron chi connectivity index (χ4n) is 2.01. The number of hydrogen-bond acceptors (Lipinski definition) is 3. The van der Waals surface area contributed by atoms with Crippen LogP contribution < -0.4 is 10.0 Å². The Balaban J connectivity index is 2.29. The second-order valence-electron chi connectivity index (χ2n) is 4.93. The van der Waals surface area contributed by atoms with Gasteiger partial charge in [-0.3, -0.25) is 0 Å². The molecule has 0 aliphatic carbocycles. The molecule has 0 saturated carbocycles. The molecule has 0 bridgehead atoms. The molecule has 0 atom stereocenters. The molecule has 0 amide bonds. The number of hydrogen-bond donors (Lipinski definition) is 2. The van der Waals surface area contributed by atoms with Gasteiger partial charge in [0.2, 0.25) is 10.0 Å². The minimum absolute atomic E-state index is 0.296. The SMILES string of the molecule is CCCCCCCCNc1ccc(S(=O)(=O)NC)cc1. The lowest BCUT2D eigenvalue weighted by atomic mass is 10.1. The molecule has 0 saturated heterocycles. The number of benzene rings is 1. The van der Waals surface area contributed by atoms with Gasteiger partial charge >= 0.3 is 0 Å². The van der Waals surface area contributed by atoms with Gasteiger partial charge in [-0.25, -0.2) is 13.1 Å². The Morgan fingerprint density at radius 1 is 0.950 bits per heavy atom. The van der Waals surface area contributed by atoms with Crippen LogP contribution in [0.1, 0.15) is 45.4 Å². The Labute approximate surface area is 123 Å². The summed E-state index contributed by atoms with van der Waals surface area (Å²) >= 11 is 0. The highest BCUT2D eigenvalue weighted by Gasteiger charge is 2.09. The summed E-state index contributed by atoms with van der Waals surface area (Å²) in [4.78, 5) is 0.296. The van der Waals surface area contributed by atoms with E-state index in [1.54, 1.807) is 24.3 Å². The zero-order valence-electron chi connectivity index (χ0n) is 12.5. The third-order valence-electron chi connectivity index (χ3n) is 3.29. The number of nitrogens with one attached hydrogen (secondary N) is 2. The molecule has 0 aliphatic rings. The van der Waals surface area contributed by atoms with Gasteiger partial charge in [-0.1, -0.05) is 39.0 Å². The van der Waals surface area contributed by atoms with Gasteiger partial charge in [0, 0.05) is 12.2 Å². The molecule has 2 N–H and O–H groups in total. The highest BCUT2D eigenvalue weighted by atomic mass is 32.2. The van der Waals surface area contributed by atoms with E-state index < -0.39 is 10.0 Å². The van der Waals surface area contributed by atoms with Crippen molar-refractivity contribution < 1.29 is 8.42 Å². The van der Waals surface area contributed by atoms with Crippen molar-refractivity contribution in [3.05, 3.63) is 24.3 Å². The first kappa shape index (κ1) is 17.0. The molecule has 0 heterocycles. The standard InChI is InChI=1S/C15H26N2O2S/c1-3-4-5-6-7-8-13-17-14-9-11-15(12-10-14)20(18,19)16-2/h9-12,16-17H,3-8,13H2,1-2H3. The van der Waals surface area contributed by atoms with Crippen molar-refractivity contribution >= 4 is 15.7 Å². The van der Waals surface area contributed by atoms with Crippen LogP contribution in [0.5, 0.6) is 0 Å². The van der Waals surface area contributed by atoms with Crippen LogP contribution in [-0.4, -0.2) is 22.0 Å². The molecule has 20 heavy (non-hydrogen) atoms. The Bertz CT molecular complexity index is 469. The van der Waals surface area contributed by atoms with Crippen molar-refractivity contribution in [2.24, 2.45) is 0 Å². The largest absolute Gasteiger partial charge is 0.385 e. The maximum absolute atomic E-state index is 11.6. The maximum Gasteiger partial charge on any atom is 0.240 e. The van der Waals surface area contributed by atoms with Gasteiger partial charge in [0.05, 0.1) is 4.90 Å². The molecule has 0 fully saturated rings. The van der Waals surface area contributed by atoms with Gasteiger partial charge in [-0.05, 0) is 37.7 Å². The molecule has 5 heteroatoms. The van der Waals surface area contributed by atoms with Gasteiger partial charge in [-0.2, -0.15) is 0 Å². The second kappa shape index (κ2) is 8.97. The summed E-state index contributed by atoms with van der Waals surface area (Å²) in [5, 5.41) is 3.32. The van der Waals surface area contributed by atoms with Gasteiger partial charge in [-0.15, -0.1) is 0 Å². The normalized spacial score (nSPS) is 11.5. The van der Waals surface area contributed by atoms with Crippen LogP contribution in [0, 0.1) is 0 Å². The molecule has 0 radical (unpaired) electrons. The predicted octanol–water partition coefficient (Wildman–Crippen LogP) is 3.37. The van der Waals surface area contributed by atoms with Crippen LogP contribution >= 0.6 is 0 Å². The summed E-state index contributed by atoms with van der Waals surface area (Å²) in [6.07, 6.45) is 7.64. The van der Waals surface area contributed by atoms with Crippen LogP contribution in [0.15, 0.2) is 29.2 Å². The average molecular weight is 298 g/mol. The molecule has 0 aliphatic heterocycles. The van der Waals surface area contributed by atoms with Crippen molar-refractivity contribution in [3.8, 4) is 0 Å². The quantitative estimate of drug-likeness (QED) is 0.651. The smallest absolute Gasteiger partial charge is 0.240 e. The lowest BCUT2D eigenvalue weighted by Gasteiger charge is -2.07. The molecule has 1 rings (SSSR count). The molecule has 114 valence electrons. The van der Waals surface area contributed by atoms with E-state index >= 15 is 0 Å². The second-order valence-corrected chi connectivity index (χ2v) is 6.81. The van der Waals surface area contributed by atoms with Crippen LogP contribution in [0.25, 0.3) is 0 Å². The summed E-state index contributed by atoms with van der Waals surface area (Å²) in [7, 11) is -1.91. The Kier molecular flexibility index (Phi) is 7.62.